The number of piperazine rings is 1. The van der Waals surface area contributed by atoms with E-state index >= 15 is 0 Å². The molecule has 2 aromatic rings. The van der Waals surface area contributed by atoms with Crippen molar-refractivity contribution in [3.8, 4) is 0 Å². The summed E-state index contributed by atoms with van der Waals surface area (Å²) in [5, 5.41) is 0.431. The highest BCUT2D eigenvalue weighted by molar-refractivity contribution is 6.31. The summed E-state index contributed by atoms with van der Waals surface area (Å²) in [5.74, 6) is -0.468. The van der Waals surface area contributed by atoms with E-state index in [1.165, 1.54) is 4.90 Å². The summed E-state index contributed by atoms with van der Waals surface area (Å²) in [7, 11) is 0. The predicted octanol–water partition coefficient (Wildman–Crippen LogP) is 0.152. The van der Waals surface area contributed by atoms with Gasteiger partial charge in [-0.3, -0.25) is 19.0 Å². The number of nitrogens with zero attached hydrogens (tertiary/aromatic N) is 3. The number of aromatic nitrogens is 2. The van der Waals surface area contributed by atoms with Gasteiger partial charge in [-0.1, -0.05) is 29.8 Å². The lowest BCUT2D eigenvalue weighted by Gasteiger charge is -2.32. The van der Waals surface area contributed by atoms with E-state index in [0.29, 0.717) is 36.8 Å². The quantitative estimate of drug-likeness (QED) is 0.768. The van der Waals surface area contributed by atoms with Gasteiger partial charge in [0.05, 0.1) is 6.54 Å². The molecule has 9 heteroatoms. The standard InChI is InChI=1S/C17H17ClN4O4/c18-14-4-2-1-3-12(14)10-22-16(25)13(9-19-17(22)26)15(24)21-7-5-20(11-23)6-8-21/h1-4,9,11H,5-8,10H2,(H,19,26). The number of hydrogen-bond donors (Lipinski definition) is 1. The summed E-state index contributed by atoms with van der Waals surface area (Å²) in [6, 6.07) is 6.87. The summed E-state index contributed by atoms with van der Waals surface area (Å²) >= 11 is 6.09. The number of aromatic amines is 1. The van der Waals surface area contributed by atoms with Crippen molar-refractivity contribution in [1.82, 2.24) is 19.4 Å². The van der Waals surface area contributed by atoms with Crippen molar-refractivity contribution >= 4 is 23.9 Å². The van der Waals surface area contributed by atoms with E-state index in [1.54, 1.807) is 29.2 Å². The molecule has 0 radical (unpaired) electrons. The summed E-state index contributed by atoms with van der Waals surface area (Å²) in [6.07, 6.45) is 1.88. The molecule has 1 fully saturated rings. The molecular formula is C17H17ClN4O4. The second-order valence-corrected chi connectivity index (χ2v) is 6.33. The highest BCUT2D eigenvalue weighted by Crippen LogP contribution is 2.15. The lowest BCUT2D eigenvalue weighted by molar-refractivity contribution is -0.119. The Balaban J connectivity index is 1.89. The summed E-state index contributed by atoms with van der Waals surface area (Å²) < 4.78 is 0.954. The molecule has 0 aliphatic carbocycles. The average Bonchev–Trinajstić information content (AvgIpc) is 2.66. The summed E-state index contributed by atoms with van der Waals surface area (Å²) in [4.78, 5) is 53.7. The van der Waals surface area contributed by atoms with Crippen LogP contribution < -0.4 is 11.2 Å². The van der Waals surface area contributed by atoms with Crippen molar-refractivity contribution in [3.63, 3.8) is 0 Å². The number of rotatable bonds is 4. The van der Waals surface area contributed by atoms with Gasteiger partial charge in [-0.2, -0.15) is 0 Å². The Morgan fingerprint density at radius 1 is 1.15 bits per heavy atom. The van der Waals surface area contributed by atoms with E-state index in [4.69, 9.17) is 11.6 Å². The topological polar surface area (TPSA) is 95.5 Å². The minimum atomic E-state index is -0.670. The number of amides is 2. The van der Waals surface area contributed by atoms with Gasteiger partial charge in [0.1, 0.15) is 5.56 Å². The molecule has 1 aliphatic heterocycles. The molecule has 1 saturated heterocycles. The van der Waals surface area contributed by atoms with Crippen LogP contribution in [0.3, 0.4) is 0 Å². The number of carbonyl (C=O) groups excluding carboxylic acids is 2. The van der Waals surface area contributed by atoms with Crippen LogP contribution in [0, 0.1) is 0 Å². The zero-order valence-electron chi connectivity index (χ0n) is 13.9. The van der Waals surface area contributed by atoms with Crippen LogP contribution in [0.15, 0.2) is 40.1 Å². The second-order valence-electron chi connectivity index (χ2n) is 5.92. The lowest BCUT2D eigenvalue weighted by atomic mass is 10.2. The van der Waals surface area contributed by atoms with Gasteiger partial charge in [0.15, 0.2) is 0 Å². The van der Waals surface area contributed by atoms with Crippen molar-refractivity contribution in [1.29, 1.82) is 0 Å². The van der Waals surface area contributed by atoms with Crippen molar-refractivity contribution in [2.45, 2.75) is 6.54 Å². The van der Waals surface area contributed by atoms with Gasteiger partial charge in [-0.05, 0) is 11.6 Å². The molecule has 0 saturated carbocycles. The SMILES string of the molecule is O=CN1CCN(C(=O)c2c[nH]c(=O)n(Cc3ccccc3Cl)c2=O)CC1. The molecule has 1 aromatic heterocycles. The van der Waals surface area contributed by atoms with Gasteiger partial charge in [-0.25, -0.2) is 4.79 Å². The minimum absolute atomic E-state index is 0.0338. The molecule has 8 nitrogen and oxygen atoms in total. The van der Waals surface area contributed by atoms with Crippen LogP contribution in [-0.2, 0) is 11.3 Å². The molecule has 136 valence electrons. The predicted molar refractivity (Wildman–Crippen MR) is 95.4 cm³/mol. The fourth-order valence-electron chi connectivity index (χ4n) is 2.81. The Kier molecular flexibility index (Phi) is 5.22. The van der Waals surface area contributed by atoms with Crippen molar-refractivity contribution in [2.24, 2.45) is 0 Å². The molecule has 1 aliphatic rings. The van der Waals surface area contributed by atoms with E-state index in [0.717, 1.165) is 17.2 Å². The number of benzene rings is 1. The summed E-state index contributed by atoms with van der Waals surface area (Å²) in [6.45, 7) is 1.45. The first-order chi connectivity index (χ1) is 12.5. The molecular weight excluding hydrogens is 360 g/mol. The van der Waals surface area contributed by atoms with Crippen LogP contribution >= 0.6 is 11.6 Å². The molecule has 0 atom stereocenters. The fourth-order valence-corrected chi connectivity index (χ4v) is 3.00. The molecule has 0 spiro atoms. The molecule has 2 heterocycles. The number of halogens is 1. The van der Waals surface area contributed by atoms with Crippen molar-refractivity contribution in [2.75, 3.05) is 26.2 Å². The first-order valence-corrected chi connectivity index (χ1v) is 8.43. The highest BCUT2D eigenvalue weighted by atomic mass is 35.5. The monoisotopic (exact) mass is 376 g/mol. The number of H-pyrrole nitrogens is 1. The van der Waals surface area contributed by atoms with Crippen LogP contribution in [-0.4, -0.2) is 57.8 Å². The first kappa shape index (κ1) is 17.9. The van der Waals surface area contributed by atoms with Crippen LogP contribution in [0.25, 0.3) is 0 Å². The molecule has 1 N–H and O–H groups in total. The number of hydrogen-bond acceptors (Lipinski definition) is 4. The Bertz CT molecular complexity index is 944. The lowest BCUT2D eigenvalue weighted by Crippen LogP contribution is -2.50. The van der Waals surface area contributed by atoms with E-state index in [9.17, 15) is 19.2 Å². The highest BCUT2D eigenvalue weighted by Gasteiger charge is 2.24. The van der Waals surface area contributed by atoms with Crippen molar-refractivity contribution < 1.29 is 9.59 Å². The first-order valence-electron chi connectivity index (χ1n) is 8.06. The van der Waals surface area contributed by atoms with E-state index in [-0.39, 0.29) is 12.1 Å². The third kappa shape index (κ3) is 3.55. The molecule has 2 amide bonds. The largest absolute Gasteiger partial charge is 0.342 e. The molecule has 0 unspecified atom stereocenters. The van der Waals surface area contributed by atoms with E-state index < -0.39 is 17.2 Å². The Labute approximate surface area is 153 Å². The Morgan fingerprint density at radius 2 is 1.85 bits per heavy atom. The maximum absolute atomic E-state index is 12.7. The molecule has 26 heavy (non-hydrogen) atoms. The maximum atomic E-state index is 12.7. The van der Waals surface area contributed by atoms with Gasteiger partial charge in [0, 0.05) is 37.4 Å². The fraction of sp³-hybridized carbons (Fsp3) is 0.294. The van der Waals surface area contributed by atoms with Crippen LogP contribution in [0.5, 0.6) is 0 Å². The van der Waals surface area contributed by atoms with Crippen LogP contribution in [0.1, 0.15) is 15.9 Å². The third-order valence-corrected chi connectivity index (χ3v) is 4.70. The van der Waals surface area contributed by atoms with Crippen LogP contribution in [0.2, 0.25) is 5.02 Å². The Morgan fingerprint density at radius 3 is 2.50 bits per heavy atom. The molecule has 1 aromatic carbocycles. The number of carbonyl (C=O) groups is 2. The minimum Gasteiger partial charge on any atom is -0.342 e. The smallest absolute Gasteiger partial charge is 0.328 e. The number of nitrogens with one attached hydrogen (secondary N) is 1. The summed E-state index contributed by atoms with van der Waals surface area (Å²) in [5.41, 5.74) is -0.795. The molecule has 3 rings (SSSR count). The van der Waals surface area contributed by atoms with Gasteiger partial charge in [0.25, 0.3) is 11.5 Å². The normalized spacial score (nSPS) is 14.3. The maximum Gasteiger partial charge on any atom is 0.328 e. The molecule has 0 bridgehead atoms. The van der Waals surface area contributed by atoms with E-state index in [2.05, 4.69) is 4.98 Å². The second kappa shape index (κ2) is 7.57. The van der Waals surface area contributed by atoms with Gasteiger partial charge >= 0.3 is 5.69 Å². The van der Waals surface area contributed by atoms with Crippen LogP contribution in [0.4, 0.5) is 0 Å². The average molecular weight is 377 g/mol. The Hall–Kier alpha value is -2.87. The zero-order chi connectivity index (χ0) is 18.7. The zero-order valence-corrected chi connectivity index (χ0v) is 14.6. The van der Waals surface area contributed by atoms with Crippen molar-refractivity contribution in [3.05, 3.63) is 67.4 Å². The van der Waals surface area contributed by atoms with Gasteiger partial charge in [-0.15, -0.1) is 0 Å². The van der Waals surface area contributed by atoms with E-state index in [1.807, 2.05) is 0 Å². The van der Waals surface area contributed by atoms with Gasteiger partial charge in [0.2, 0.25) is 6.41 Å². The third-order valence-electron chi connectivity index (χ3n) is 4.33. The van der Waals surface area contributed by atoms with Gasteiger partial charge < -0.3 is 14.8 Å².